The Balaban J connectivity index is 1.55. The molecule has 29 heavy (non-hydrogen) atoms. The van der Waals surface area contributed by atoms with Gasteiger partial charge in [-0.1, -0.05) is 42.0 Å². The maximum Gasteiger partial charge on any atom is 0.216 e. The van der Waals surface area contributed by atoms with E-state index in [4.69, 9.17) is 9.15 Å². The number of aliphatic imine (C=N–C) groups is 1. The van der Waals surface area contributed by atoms with E-state index in [0.717, 1.165) is 42.5 Å². The first-order valence-electron chi connectivity index (χ1n) is 9.84. The molecule has 0 aliphatic heterocycles. The molecule has 3 aromatic rings. The molecule has 6 heteroatoms. The number of nitrogens with one attached hydrogen (secondary N) is 2. The molecule has 1 heterocycles. The summed E-state index contributed by atoms with van der Waals surface area (Å²) in [7, 11) is 1.67. The Morgan fingerprint density at radius 1 is 1.07 bits per heavy atom. The third-order valence-electron chi connectivity index (χ3n) is 4.47. The van der Waals surface area contributed by atoms with E-state index in [-0.39, 0.29) is 0 Å². The Kier molecular flexibility index (Phi) is 7.28. The summed E-state index contributed by atoms with van der Waals surface area (Å²) in [6, 6.07) is 16.3. The minimum atomic E-state index is 0.379. The molecule has 0 radical (unpaired) electrons. The van der Waals surface area contributed by atoms with Crippen LogP contribution in [0.4, 0.5) is 0 Å². The molecule has 0 amide bonds. The van der Waals surface area contributed by atoms with Gasteiger partial charge in [0.05, 0.1) is 13.3 Å². The van der Waals surface area contributed by atoms with E-state index in [1.807, 2.05) is 31.2 Å². The highest BCUT2D eigenvalue weighted by Crippen LogP contribution is 2.21. The number of benzene rings is 2. The maximum absolute atomic E-state index is 5.85. The molecule has 0 aliphatic rings. The van der Waals surface area contributed by atoms with Crippen molar-refractivity contribution in [2.45, 2.75) is 26.8 Å². The van der Waals surface area contributed by atoms with E-state index >= 15 is 0 Å². The second-order valence-corrected chi connectivity index (χ2v) is 6.70. The number of aromatic nitrogens is 1. The average Bonchev–Trinajstić information content (AvgIpc) is 3.22. The Labute approximate surface area is 172 Å². The van der Waals surface area contributed by atoms with Gasteiger partial charge in [0.15, 0.2) is 11.7 Å². The second kappa shape index (κ2) is 10.3. The van der Waals surface area contributed by atoms with Crippen LogP contribution in [0.1, 0.15) is 23.9 Å². The molecule has 0 fully saturated rings. The largest absolute Gasteiger partial charge is 0.497 e. The van der Waals surface area contributed by atoms with Crippen LogP contribution in [0.25, 0.3) is 11.3 Å². The smallest absolute Gasteiger partial charge is 0.216 e. The van der Waals surface area contributed by atoms with Crippen LogP contribution in [0, 0.1) is 6.92 Å². The lowest BCUT2D eigenvalue weighted by Crippen LogP contribution is -2.38. The minimum Gasteiger partial charge on any atom is -0.497 e. The molecule has 1 aromatic heterocycles. The predicted molar refractivity (Wildman–Crippen MR) is 116 cm³/mol. The molecule has 0 unspecified atom stereocenters. The van der Waals surface area contributed by atoms with Gasteiger partial charge in [0.2, 0.25) is 5.89 Å². The number of hydrogen-bond acceptors (Lipinski definition) is 4. The van der Waals surface area contributed by atoms with Crippen LogP contribution in [0.15, 0.2) is 64.1 Å². The van der Waals surface area contributed by atoms with Crippen molar-refractivity contribution in [2.75, 3.05) is 20.2 Å². The maximum atomic E-state index is 5.85. The molecule has 2 aromatic carbocycles. The average molecular weight is 393 g/mol. The highest BCUT2D eigenvalue weighted by atomic mass is 16.5. The molecule has 0 spiro atoms. The number of hydrogen-bond donors (Lipinski definition) is 2. The van der Waals surface area contributed by atoms with Gasteiger partial charge in [-0.2, -0.15) is 0 Å². The van der Waals surface area contributed by atoms with Crippen LogP contribution in [-0.4, -0.2) is 31.1 Å². The van der Waals surface area contributed by atoms with Gasteiger partial charge in [0, 0.05) is 18.7 Å². The Bertz CT molecular complexity index is 915. The second-order valence-electron chi connectivity index (χ2n) is 6.70. The van der Waals surface area contributed by atoms with Crippen molar-refractivity contribution in [3.8, 4) is 17.1 Å². The minimum absolute atomic E-state index is 0.379. The lowest BCUT2D eigenvalue weighted by atomic mass is 10.1. The van der Waals surface area contributed by atoms with Gasteiger partial charge < -0.3 is 19.8 Å². The molecule has 3 rings (SSSR count). The van der Waals surface area contributed by atoms with Crippen molar-refractivity contribution in [1.82, 2.24) is 15.6 Å². The third-order valence-corrected chi connectivity index (χ3v) is 4.47. The van der Waals surface area contributed by atoms with Crippen molar-refractivity contribution in [3.05, 3.63) is 71.7 Å². The normalized spacial score (nSPS) is 11.3. The molecule has 0 bridgehead atoms. The Morgan fingerprint density at radius 2 is 1.83 bits per heavy atom. The summed E-state index contributed by atoms with van der Waals surface area (Å²) in [6.45, 7) is 6.05. The summed E-state index contributed by atoms with van der Waals surface area (Å²) in [5.41, 5.74) is 3.47. The van der Waals surface area contributed by atoms with Gasteiger partial charge >= 0.3 is 0 Å². The number of methoxy groups -OCH3 is 1. The van der Waals surface area contributed by atoms with Gasteiger partial charge in [-0.25, -0.2) is 9.98 Å². The lowest BCUT2D eigenvalue weighted by molar-refractivity contribution is 0.414. The van der Waals surface area contributed by atoms with Crippen LogP contribution in [0.5, 0.6) is 5.75 Å². The van der Waals surface area contributed by atoms with Gasteiger partial charge in [-0.3, -0.25) is 0 Å². The molecule has 6 nitrogen and oxygen atoms in total. The lowest BCUT2D eigenvalue weighted by Gasteiger charge is -2.11. The van der Waals surface area contributed by atoms with Crippen LogP contribution in [0.3, 0.4) is 0 Å². The SMILES string of the molecule is CCNC(=NCc1ncc(-c2ccc(C)cc2)o1)NCCc1ccc(OC)cc1. The molecular weight excluding hydrogens is 364 g/mol. The Hall–Kier alpha value is -3.28. The number of nitrogens with zero attached hydrogens (tertiary/aromatic N) is 2. The standard InChI is InChI=1S/C23H28N4O2/c1-4-24-23(25-14-13-18-7-11-20(28-3)12-8-18)27-16-22-26-15-21(29-22)19-9-5-17(2)6-10-19/h5-12,15H,4,13-14,16H2,1-3H3,(H2,24,25,27). The van der Waals surface area contributed by atoms with Crippen molar-refractivity contribution in [2.24, 2.45) is 4.99 Å². The molecule has 0 aliphatic carbocycles. The van der Waals surface area contributed by atoms with Gasteiger partial charge in [0.1, 0.15) is 12.3 Å². The number of ether oxygens (including phenoxy) is 1. The molecular formula is C23H28N4O2. The van der Waals surface area contributed by atoms with E-state index < -0.39 is 0 Å². The van der Waals surface area contributed by atoms with Crippen LogP contribution in [-0.2, 0) is 13.0 Å². The number of oxazole rings is 1. The first-order valence-corrected chi connectivity index (χ1v) is 9.84. The quantitative estimate of drug-likeness (QED) is 0.449. The van der Waals surface area contributed by atoms with E-state index in [1.54, 1.807) is 13.3 Å². The Morgan fingerprint density at radius 3 is 2.52 bits per heavy atom. The predicted octanol–water partition coefficient (Wildman–Crippen LogP) is 3.96. The van der Waals surface area contributed by atoms with Gasteiger partial charge in [0.25, 0.3) is 0 Å². The number of guanidine groups is 1. The van der Waals surface area contributed by atoms with Crippen molar-refractivity contribution < 1.29 is 9.15 Å². The fourth-order valence-electron chi connectivity index (χ4n) is 2.84. The zero-order chi connectivity index (χ0) is 20.5. The monoisotopic (exact) mass is 392 g/mol. The number of aryl methyl sites for hydroxylation is 1. The highest BCUT2D eigenvalue weighted by molar-refractivity contribution is 5.79. The first kappa shape index (κ1) is 20.5. The summed E-state index contributed by atoms with van der Waals surface area (Å²) in [5, 5.41) is 6.60. The zero-order valence-corrected chi connectivity index (χ0v) is 17.2. The molecule has 152 valence electrons. The van der Waals surface area contributed by atoms with Crippen molar-refractivity contribution >= 4 is 5.96 Å². The van der Waals surface area contributed by atoms with Crippen molar-refractivity contribution in [1.29, 1.82) is 0 Å². The van der Waals surface area contributed by atoms with Crippen LogP contribution < -0.4 is 15.4 Å². The highest BCUT2D eigenvalue weighted by Gasteiger charge is 2.06. The third kappa shape index (κ3) is 6.10. The van der Waals surface area contributed by atoms with E-state index in [2.05, 4.69) is 51.8 Å². The summed E-state index contributed by atoms with van der Waals surface area (Å²) in [4.78, 5) is 8.93. The first-order chi connectivity index (χ1) is 14.2. The summed E-state index contributed by atoms with van der Waals surface area (Å²) < 4.78 is 11.0. The van der Waals surface area contributed by atoms with Gasteiger partial charge in [-0.15, -0.1) is 0 Å². The molecule has 0 saturated carbocycles. The van der Waals surface area contributed by atoms with E-state index in [0.29, 0.717) is 12.4 Å². The fraction of sp³-hybridized carbons (Fsp3) is 0.304. The fourth-order valence-corrected chi connectivity index (χ4v) is 2.84. The molecule has 0 atom stereocenters. The van der Waals surface area contributed by atoms with E-state index in [1.165, 1.54) is 11.1 Å². The van der Waals surface area contributed by atoms with Crippen molar-refractivity contribution in [3.63, 3.8) is 0 Å². The summed E-state index contributed by atoms with van der Waals surface area (Å²) in [5.74, 6) is 2.96. The molecule has 0 saturated heterocycles. The van der Waals surface area contributed by atoms with Crippen LogP contribution >= 0.6 is 0 Å². The topological polar surface area (TPSA) is 71.7 Å². The van der Waals surface area contributed by atoms with Gasteiger partial charge in [-0.05, 0) is 38.0 Å². The summed E-state index contributed by atoms with van der Waals surface area (Å²) in [6.07, 6.45) is 2.64. The zero-order valence-electron chi connectivity index (χ0n) is 17.2. The van der Waals surface area contributed by atoms with E-state index in [9.17, 15) is 0 Å². The summed E-state index contributed by atoms with van der Waals surface area (Å²) >= 11 is 0. The number of rotatable bonds is 8. The molecule has 2 N–H and O–H groups in total. The van der Waals surface area contributed by atoms with Crippen LogP contribution in [0.2, 0.25) is 0 Å².